The number of hydrogen-bond acceptors (Lipinski definition) is 5. The Kier molecular flexibility index (Phi) is 5.37. The number of primary sulfonamides is 1. The third kappa shape index (κ3) is 4.26. The zero-order chi connectivity index (χ0) is 15.5. The molecule has 1 amide bonds. The van der Waals surface area contributed by atoms with Crippen LogP contribution in [0.4, 0.5) is 0 Å². The van der Waals surface area contributed by atoms with Gasteiger partial charge in [-0.25, -0.2) is 13.6 Å². The van der Waals surface area contributed by atoms with E-state index in [0.717, 1.165) is 30.6 Å². The summed E-state index contributed by atoms with van der Waals surface area (Å²) in [4.78, 5) is 14.1. The molecule has 6 nitrogen and oxygen atoms in total. The number of likely N-dealkylation sites (tertiary alicyclic amines) is 1. The molecule has 1 atom stereocenters. The maximum absolute atomic E-state index is 12.4. The van der Waals surface area contributed by atoms with E-state index in [1.54, 1.807) is 10.3 Å². The van der Waals surface area contributed by atoms with Gasteiger partial charge in [0.25, 0.3) is 5.91 Å². The minimum absolute atomic E-state index is 0.0154. The molecule has 1 fully saturated rings. The molecule has 1 saturated heterocycles. The SMILES string of the molecule is CCCO[C@H]1CCCN(C(=O)c2csc(S(N)(=O)=O)c2)C1. The van der Waals surface area contributed by atoms with Gasteiger partial charge in [-0.2, -0.15) is 0 Å². The number of piperidine rings is 1. The second-order valence-electron chi connectivity index (χ2n) is 5.09. The largest absolute Gasteiger partial charge is 0.376 e. The molecule has 1 aromatic rings. The van der Waals surface area contributed by atoms with Crippen molar-refractivity contribution in [2.24, 2.45) is 5.14 Å². The number of hydrogen-bond donors (Lipinski definition) is 1. The number of nitrogens with two attached hydrogens (primary N) is 1. The fourth-order valence-electron chi connectivity index (χ4n) is 2.30. The second-order valence-corrected chi connectivity index (χ2v) is 7.79. The standard InChI is InChI=1S/C13H20N2O4S2/c1-2-6-19-11-4-3-5-15(8-11)13(16)10-7-12(20-9-10)21(14,17)18/h7,9,11H,2-6,8H2,1H3,(H2,14,17,18)/t11-/m0/s1. The minimum Gasteiger partial charge on any atom is -0.376 e. The van der Waals surface area contributed by atoms with Crippen molar-refractivity contribution < 1.29 is 17.9 Å². The van der Waals surface area contributed by atoms with Crippen LogP contribution >= 0.6 is 11.3 Å². The summed E-state index contributed by atoms with van der Waals surface area (Å²) in [6, 6.07) is 1.35. The summed E-state index contributed by atoms with van der Waals surface area (Å²) in [7, 11) is -3.75. The van der Waals surface area contributed by atoms with Gasteiger partial charge in [-0.05, 0) is 25.3 Å². The first-order chi connectivity index (χ1) is 9.91. The van der Waals surface area contributed by atoms with Crippen LogP contribution in [0.3, 0.4) is 0 Å². The van der Waals surface area contributed by atoms with Crippen LogP contribution in [0.15, 0.2) is 15.7 Å². The van der Waals surface area contributed by atoms with Crippen LogP contribution in [0.5, 0.6) is 0 Å². The molecule has 0 aliphatic carbocycles. The highest BCUT2D eigenvalue weighted by molar-refractivity contribution is 7.91. The average molecular weight is 332 g/mol. The monoisotopic (exact) mass is 332 g/mol. The summed E-state index contributed by atoms with van der Waals surface area (Å²) in [5, 5.41) is 6.60. The van der Waals surface area contributed by atoms with Crippen molar-refractivity contribution in [1.82, 2.24) is 4.90 Å². The van der Waals surface area contributed by atoms with Gasteiger partial charge in [-0.1, -0.05) is 6.92 Å². The Morgan fingerprint density at radius 1 is 1.57 bits per heavy atom. The van der Waals surface area contributed by atoms with Gasteiger partial charge in [0.15, 0.2) is 0 Å². The van der Waals surface area contributed by atoms with Crippen molar-refractivity contribution in [2.75, 3.05) is 19.7 Å². The number of rotatable bonds is 5. The molecule has 0 bridgehead atoms. The molecule has 118 valence electrons. The summed E-state index contributed by atoms with van der Waals surface area (Å²) in [5.74, 6) is -0.161. The van der Waals surface area contributed by atoms with E-state index >= 15 is 0 Å². The number of ether oxygens (including phenoxy) is 1. The summed E-state index contributed by atoms with van der Waals surface area (Å²) < 4.78 is 28.2. The van der Waals surface area contributed by atoms with Crippen LogP contribution in [0.2, 0.25) is 0 Å². The predicted molar refractivity (Wildman–Crippen MR) is 80.9 cm³/mol. The van der Waals surface area contributed by atoms with Crippen LogP contribution in [-0.4, -0.2) is 45.0 Å². The highest BCUT2D eigenvalue weighted by Gasteiger charge is 2.26. The van der Waals surface area contributed by atoms with E-state index in [0.29, 0.717) is 25.3 Å². The van der Waals surface area contributed by atoms with Gasteiger partial charge in [0.2, 0.25) is 10.0 Å². The Balaban J connectivity index is 2.04. The van der Waals surface area contributed by atoms with Gasteiger partial charge in [-0.15, -0.1) is 11.3 Å². The zero-order valence-corrected chi connectivity index (χ0v) is 13.6. The molecule has 1 aliphatic rings. The lowest BCUT2D eigenvalue weighted by atomic mass is 10.1. The minimum atomic E-state index is -3.75. The van der Waals surface area contributed by atoms with Crippen molar-refractivity contribution in [1.29, 1.82) is 0 Å². The van der Waals surface area contributed by atoms with Gasteiger partial charge in [-0.3, -0.25) is 4.79 Å². The van der Waals surface area contributed by atoms with Crippen LogP contribution in [-0.2, 0) is 14.8 Å². The van der Waals surface area contributed by atoms with Crippen molar-refractivity contribution in [3.63, 3.8) is 0 Å². The van der Waals surface area contributed by atoms with Gasteiger partial charge in [0.05, 0.1) is 11.7 Å². The molecule has 21 heavy (non-hydrogen) atoms. The number of sulfonamides is 1. The third-order valence-corrected chi connectivity index (χ3v) is 5.71. The summed E-state index contributed by atoms with van der Waals surface area (Å²) >= 11 is 0.972. The molecule has 0 unspecified atom stereocenters. The number of carbonyl (C=O) groups is 1. The molecule has 8 heteroatoms. The quantitative estimate of drug-likeness (QED) is 0.883. The van der Waals surface area contributed by atoms with Crippen LogP contribution in [0.1, 0.15) is 36.5 Å². The molecule has 0 radical (unpaired) electrons. The summed E-state index contributed by atoms with van der Waals surface area (Å²) in [5.41, 5.74) is 0.375. The Morgan fingerprint density at radius 2 is 2.33 bits per heavy atom. The molecular formula is C13H20N2O4S2. The smallest absolute Gasteiger partial charge is 0.254 e. The van der Waals surface area contributed by atoms with E-state index in [-0.39, 0.29) is 16.2 Å². The highest BCUT2D eigenvalue weighted by atomic mass is 32.2. The first-order valence-electron chi connectivity index (χ1n) is 6.94. The van der Waals surface area contributed by atoms with E-state index in [4.69, 9.17) is 9.88 Å². The maximum Gasteiger partial charge on any atom is 0.254 e. The second kappa shape index (κ2) is 6.87. The Bertz CT molecular complexity index is 597. The Labute approximate surface area is 128 Å². The molecule has 0 spiro atoms. The molecule has 2 N–H and O–H groups in total. The fraction of sp³-hybridized carbons (Fsp3) is 0.615. The number of thiophene rings is 1. The van der Waals surface area contributed by atoms with Crippen LogP contribution < -0.4 is 5.14 Å². The molecule has 1 aromatic heterocycles. The van der Waals surface area contributed by atoms with E-state index in [2.05, 4.69) is 0 Å². The number of amides is 1. The van der Waals surface area contributed by atoms with Gasteiger partial charge < -0.3 is 9.64 Å². The summed E-state index contributed by atoms with van der Waals surface area (Å²) in [6.45, 7) is 3.97. The van der Waals surface area contributed by atoms with Crippen molar-refractivity contribution in [3.8, 4) is 0 Å². The van der Waals surface area contributed by atoms with Crippen molar-refractivity contribution in [3.05, 3.63) is 17.0 Å². The first kappa shape index (κ1) is 16.4. The maximum atomic E-state index is 12.4. The molecule has 1 aliphatic heterocycles. The van der Waals surface area contributed by atoms with E-state index < -0.39 is 10.0 Å². The number of nitrogens with zero attached hydrogens (tertiary/aromatic N) is 1. The van der Waals surface area contributed by atoms with Crippen molar-refractivity contribution >= 4 is 27.3 Å². The lowest BCUT2D eigenvalue weighted by molar-refractivity contribution is 0.00212. The third-order valence-electron chi connectivity index (χ3n) is 3.33. The van der Waals surface area contributed by atoms with Crippen LogP contribution in [0, 0.1) is 0 Å². The highest BCUT2D eigenvalue weighted by Crippen LogP contribution is 2.22. The van der Waals surface area contributed by atoms with Gasteiger partial charge in [0, 0.05) is 25.1 Å². The topological polar surface area (TPSA) is 89.7 Å². The molecular weight excluding hydrogens is 312 g/mol. The van der Waals surface area contributed by atoms with E-state index in [1.807, 2.05) is 6.92 Å². The lowest BCUT2D eigenvalue weighted by Crippen LogP contribution is -2.43. The number of carbonyl (C=O) groups excluding carboxylic acids is 1. The van der Waals surface area contributed by atoms with Gasteiger partial charge in [0.1, 0.15) is 4.21 Å². The van der Waals surface area contributed by atoms with Gasteiger partial charge >= 0.3 is 0 Å². The fourth-order valence-corrected chi connectivity index (χ4v) is 3.88. The molecule has 0 saturated carbocycles. The summed E-state index contributed by atoms with van der Waals surface area (Å²) in [6.07, 6.45) is 2.87. The van der Waals surface area contributed by atoms with E-state index in [9.17, 15) is 13.2 Å². The first-order valence-corrected chi connectivity index (χ1v) is 9.36. The van der Waals surface area contributed by atoms with E-state index in [1.165, 1.54) is 6.07 Å². The molecule has 2 heterocycles. The average Bonchev–Trinajstić information content (AvgIpc) is 2.94. The predicted octanol–water partition coefficient (Wildman–Crippen LogP) is 1.43. The Hall–Kier alpha value is -0.960. The zero-order valence-electron chi connectivity index (χ0n) is 11.9. The van der Waals surface area contributed by atoms with Crippen LogP contribution in [0.25, 0.3) is 0 Å². The normalized spacial score (nSPS) is 19.7. The lowest BCUT2D eigenvalue weighted by Gasteiger charge is -2.32. The van der Waals surface area contributed by atoms with Crippen molar-refractivity contribution in [2.45, 2.75) is 36.5 Å². The Morgan fingerprint density at radius 3 is 2.95 bits per heavy atom. The molecule has 0 aromatic carbocycles. The molecule has 2 rings (SSSR count).